The van der Waals surface area contributed by atoms with E-state index in [4.69, 9.17) is 14.2 Å². The summed E-state index contributed by atoms with van der Waals surface area (Å²) in [6.07, 6.45) is 62.8. The molecule has 0 aliphatic heterocycles. The van der Waals surface area contributed by atoms with Crippen molar-refractivity contribution >= 4 is 17.9 Å². The largest absolute Gasteiger partial charge is 0.462 e. The second kappa shape index (κ2) is 49.2. The fourth-order valence-electron chi connectivity index (χ4n) is 6.56. The Morgan fingerprint density at radius 2 is 0.656 bits per heavy atom. The zero-order valence-corrected chi connectivity index (χ0v) is 39.7. The van der Waals surface area contributed by atoms with Crippen LogP contribution in [0.15, 0.2) is 85.1 Å². The first kappa shape index (κ1) is 57.6. The highest BCUT2D eigenvalue weighted by atomic mass is 16.6. The Balaban J connectivity index is 4.44. The van der Waals surface area contributed by atoms with Gasteiger partial charge in [-0.2, -0.15) is 0 Å². The Morgan fingerprint density at radius 1 is 0.344 bits per heavy atom. The number of carbonyl (C=O) groups excluding carboxylic acids is 3. The van der Waals surface area contributed by atoms with Crippen molar-refractivity contribution in [1.82, 2.24) is 0 Å². The van der Waals surface area contributed by atoms with E-state index in [0.29, 0.717) is 19.3 Å². The van der Waals surface area contributed by atoms with E-state index in [1.165, 1.54) is 64.2 Å². The number of hydrogen-bond acceptors (Lipinski definition) is 6. The Kier molecular flexibility index (Phi) is 46.5. The minimum atomic E-state index is -0.796. The molecule has 0 aromatic heterocycles. The van der Waals surface area contributed by atoms with E-state index < -0.39 is 6.10 Å². The average Bonchev–Trinajstić information content (AvgIpc) is 3.26. The summed E-state index contributed by atoms with van der Waals surface area (Å²) in [6, 6.07) is 0. The van der Waals surface area contributed by atoms with Crippen molar-refractivity contribution in [3.8, 4) is 0 Å². The maximum absolute atomic E-state index is 12.8. The van der Waals surface area contributed by atoms with Gasteiger partial charge in [0.15, 0.2) is 6.10 Å². The lowest BCUT2D eigenvalue weighted by molar-refractivity contribution is -0.167. The zero-order valence-electron chi connectivity index (χ0n) is 39.7. The van der Waals surface area contributed by atoms with Gasteiger partial charge in [0.25, 0.3) is 0 Å². The van der Waals surface area contributed by atoms with Gasteiger partial charge in [-0.1, -0.05) is 183 Å². The molecule has 0 aliphatic rings. The van der Waals surface area contributed by atoms with Gasteiger partial charge >= 0.3 is 17.9 Å². The third kappa shape index (κ3) is 47.5. The zero-order chi connectivity index (χ0) is 44.4. The molecule has 0 aromatic rings. The smallest absolute Gasteiger partial charge is 0.306 e. The SMILES string of the molecule is CC/C=C\C/C=C\C/C=C\C/C=C\C/C=C\CCCCCC(=O)OC[C@@H](COC(=O)CCCCCCC/C=C\CCCC)OC(=O)CCCCCCC/C=C\CCCCCC. The molecule has 348 valence electrons. The van der Waals surface area contributed by atoms with Crippen molar-refractivity contribution in [1.29, 1.82) is 0 Å². The molecule has 0 rings (SSSR count). The predicted molar refractivity (Wildman–Crippen MR) is 261 cm³/mol. The van der Waals surface area contributed by atoms with Gasteiger partial charge in [0.1, 0.15) is 13.2 Å². The lowest BCUT2D eigenvalue weighted by Gasteiger charge is -2.18. The molecule has 0 radical (unpaired) electrons. The molecule has 0 saturated carbocycles. The molecule has 6 heteroatoms. The lowest BCUT2D eigenvalue weighted by atomic mass is 10.1. The van der Waals surface area contributed by atoms with Crippen LogP contribution in [-0.2, 0) is 28.6 Å². The maximum Gasteiger partial charge on any atom is 0.306 e. The van der Waals surface area contributed by atoms with Crippen molar-refractivity contribution in [2.45, 2.75) is 232 Å². The number of rotatable bonds is 44. The number of allylic oxidation sites excluding steroid dienone is 14. The minimum Gasteiger partial charge on any atom is -0.462 e. The summed E-state index contributed by atoms with van der Waals surface area (Å²) in [6.45, 7) is 6.41. The van der Waals surface area contributed by atoms with Gasteiger partial charge < -0.3 is 14.2 Å². The van der Waals surface area contributed by atoms with Crippen LogP contribution in [0.5, 0.6) is 0 Å². The molecule has 1 atom stereocenters. The summed E-state index contributed by atoms with van der Waals surface area (Å²) in [5.41, 5.74) is 0. The molecule has 6 nitrogen and oxygen atoms in total. The Morgan fingerprint density at radius 3 is 1.08 bits per heavy atom. The number of ether oxygens (including phenoxy) is 3. The minimum absolute atomic E-state index is 0.0956. The lowest BCUT2D eigenvalue weighted by Crippen LogP contribution is -2.30. The molecule has 0 bridgehead atoms. The molecule has 0 unspecified atom stereocenters. The quantitative estimate of drug-likeness (QED) is 0.0263. The van der Waals surface area contributed by atoms with Crippen LogP contribution >= 0.6 is 0 Å². The topological polar surface area (TPSA) is 78.9 Å². The first-order valence-electron chi connectivity index (χ1n) is 25.1. The molecule has 0 spiro atoms. The van der Waals surface area contributed by atoms with Crippen molar-refractivity contribution in [2.75, 3.05) is 13.2 Å². The molecule has 0 amide bonds. The van der Waals surface area contributed by atoms with E-state index in [1.807, 2.05) is 0 Å². The third-order valence-corrected chi connectivity index (χ3v) is 10.4. The van der Waals surface area contributed by atoms with Gasteiger partial charge in [0.2, 0.25) is 0 Å². The van der Waals surface area contributed by atoms with Crippen LogP contribution in [-0.4, -0.2) is 37.2 Å². The van der Waals surface area contributed by atoms with Gasteiger partial charge in [0, 0.05) is 19.3 Å². The molecule has 0 heterocycles. The van der Waals surface area contributed by atoms with Crippen molar-refractivity contribution in [2.24, 2.45) is 0 Å². The third-order valence-electron chi connectivity index (χ3n) is 10.4. The van der Waals surface area contributed by atoms with Crippen molar-refractivity contribution in [3.63, 3.8) is 0 Å². The van der Waals surface area contributed by atoms with Gasteiger partial charge in [-0.15, -0.1) is 0 Å². The number of hydrogen-bond donors (Lipinski definition) is 0. The summed E-state index contributed by atoms with van der Waals surface area (Å²) < 4.78 is 16.7. The molecule has 0 saturated heterocycles. The Labute approximate surface area is 375 Å². The van der Waals surface area contributed by atoms with Gasteiger partial charge in [-0.05, 0) is 109 Å². The summed E-state index contributed by atoms with van der Waals surface area (Å²) in [5.74, 6) is -0.950. The number of esters is 3. The van der Waals surface area contributed by atoms with E-state index >= 15 is 0 Å². The molecule has 61 heavy (non-hydrogen) atoms. The highest BCUT2D eigenvalue weighted by Gasteiger charge is 2.19. The maximum atomic E-state index is 12.8. The monoisotopic (exact) mass is 849 g/mol. The molecular formula is C55H92O6. The Hall–Kier alpha value is -3.41. The normalized spacial score (nSPS) is 12.8. The molecule has 0 N–H and O–H groups in total. The van der Waals surface area contributed by atoms with Crippen LogP contribution in [0.2, 0.25) is 0 Å². The first-order valence-corrected chi connectivity index (χ1v) is 25.1. The van der Waals surface area contributed by atoms with E-state index in [2.05, 4.69) is 106 Å². The second-order valence-electron chi connectivity index (χ2n) is 16.3. The van der Waals surface area contributed by atoms with Crippen LogP contribution in [0, 0.1) is 0 Å². The van der Waals surface area contributed by atoms with Crippen LogP contribution < -0.4 is 0 Å². The number of carbonyl (C=O) groups is 3. The van der Waals surface area contributed by atoms with Gasteiger partial charge in [-0.3, -0.25) is 14.4 Å². The summed E-state index contributed by atoms with van der Waals surface area (Å²) >= 11 is 0. The van der Waals surface area contributed by atoms with Crippen molar-refractivity contribution in [3.05, 3.63) is 85.1 Å². The highest BCUT2D eigenvalue weighted by molar-refractivity contribution is 5.71. The summed E-state index contributed by atoms with van der Waals surface area (Å²) in [4.78, 5) is 37.9. The summed E-state index contributed by atoms with van der Waals surface area (Å²) in [7, 11) is 0. The Bertz CT molecular complexity index is 1200. The highest BCUT2D eigenvalue weighted by Crippen LogP contribution is 2.13. The average molecular weight is 849 g/mol. The fraction of sp³-hybridized carbons (Fsp3) is 0.691. The van der Waals surface area contributed by atoms with Crippen LogP contribution in [0.4, 0.5) is 0 Å². The van der Waals surface area contributed by atoms with E-state index in [-0.39, 0.29) is 31.1 Å². The fourth-order valence-corrected chi connectivity index (χ4v) is 6.56. The van der Waals surface area contributed by atoms with Crippen LogP contribution in [0.1, 0.15) is 226 Å². The number of unbranched alkanes of at least 4 members (excludes halogenated alkanes) is 19. The van der Waals surface area contributed by atoms with E-state index in [9.17, 15) is 14.4 Å². The molecule has 0 fully saturated rings. The van der Waals surface area contributed by atoms with Crippen molar-refractivity contribution < 1.29 is 28.6 Å². The van der Waals surface area contributed by atoms with Crippen LogP contribution in [0.3, 0.4) is 0 Å². The molecule has 0 aromatic carbocycles. The summed E-state index contributed by atoms with van der Waals surface area (Å²) in [5, 5.41) is 0. The van der Waals surface area contributed by atoms with Crippen LogP contribution in [0.25, 0.3) is 0 Å². The van der Waals surface area contributed by atoms with Gasteiger partial charge in [0.05, 0.1) is 0 Å². The van der Waals surface area contributed by atoms with E-state index in [1.54, 1.807) is 0 Å². The molecular weight excluding hydrogens is 757 g/mol. The standard InChI is InChI=1S/C55H92O6/c1-4-7-10-13-16-19-22-24-25-26-27-28-29-31-33-36-39-42-45-48-54(57)60-51-52(50-59-53(56)47-44-41-38-35-32-21-18-15-12-9-6-3)61-55(58)49-46-43-40-37-34-30-23-20-17-14-11-8-5-2/h7,10,15-16,18-20,23-25,27-28,31,33,52H,4-6,8-9,11-14,17,21-22,26,29-30,32,34-51H2,1-3H3/b10-7-,18-15-,19-16-,23-20-,25-24-,28-27-,33-31-/t52-/m1/s1. The predicted octanol–water partition coefficient (Wildman–Crippen LogP) is 16.4. The van der Waals surface area contributed by atoms with Gasteiger partial charge in [-0.25, -0.2) is 0 Å². The first-order chi connectivity index (χ1) is 30.0. The van der Waals surface area contributed by atoms with E-state index in [0.717, 1.165) is 122 Å². The molecule has 0 aliphatic carbocycles. The second-order valence-corrected chi connectivity index (χ2v) is 16.3.